The van der Waals surface area contributed by atoms with Crippen LogP contribution in [0.15, 0.2) is 78.7 Å². The SMILES string of the molecule is CCC(C)(CC)C(=O)/C=C(\O)C(C)(CC)CC.Cc1[c-]c(-c2nccc3c2[se]c2c(F)c(-c4ccccc4)ccc23)cc(C)c1.[Ir]. The van der Waals surface area contributed by atoms with Gasteiger partial charge in [0.05, 0.1) is 0 Å². The number of aliphatic hydroxyl groups excluding tert-OH is 1. The van der Waals surface area contributed by atoms with Gasteiger partial charge in [-0.3, -0.25) is 4.79 Å². The molecule has 2 heterocycles. The van der Waals surface area contributed by atoms with Gasteiger partial charge in [0.1, 0.15) is 5.76 Å². The van der Waals surface area contributed by atoms with E-state index >= 15 is 4.39 Å². The van der Waals surface area contributed by atoms with Gasteiger partial charge in [-0.25, -0.2) is 0 Å². The predicted octanol–water partition coefficient (Wildman–Crippen LogP) is 11.0. The molecule has 1 radical (unpaired) electrons. The van der Waals surface area contributed by atoms with Gasteiger partial charge < -0.3 is 5.11 Å². The minimum absolute atomic E-state index is 0. The number of carbonyl (C=O) groups is 1. The number of halogens is 1. The normalized spacial score (nSPS) is 12.1. The summed E-state index contributed by atoms with van der Waals surface area (Å²) in [6.45, 7) is 16.2. The molecule has 0 aliphatic heterocycles. The van der Waals surface area contributed by atoms with E-state index in [9.17, 15) is 9.90 Å². The number of rotatable bonds is 9. The van der Waals surface area contributed by atoms with Gasteiger partial charge in [0.15, 0.2) is 5.78 Å². The Morgan fingerprint density at radius 2 is 1.50 bits per heavy atom. The van der Waals surface area contributed by atoms with Crippen LogP contribution >= 0.6 is 0 Å². The number of hydrogen-bond acceptors (Lipinski definition) is 3. The third kappa shape index (κ3) is 7.80. The van der Waals surface area contributed by atoms with Gasteiger partial charge in [-0.15, -0.1) is 0 Å². The van der Waals surface area contributed by atoms with Crippen molar-refractivity contribution in [2.75, 3.05) is 0 Å². The van der Waals surface area contributed by atoms with Gasteiger partial charge >= 0.3 is 169 Å². The molecular weight excluding hydrogens is 817 g/mol. The molecule has 3 nitrogen and oxygen atoms in total. The van der Waals surface area contributed by atoms with Crippen LogP contribution in [-0.4, -0.2) is 30.4 Å². The second-order valence-corrected chi connectivity index (χ2v) is 14.6. The summed E-state index contributed by atoms with van der Waals surface area (Å²) in [5.41, 5.74) is 5.18. The summed E-state index contributed by atoms with van der Waals surface area (Å²) < 4.78 is 17.4. The van der Waals surface area contributed by atoms with Gasteiger partial charge in [0.2, 0.25) is 0 Å². The topological polar surface area (TPSA) is 50.2 Å². The van der Waals surface area contributed by atoms with E-state index in [0.29, 0.717) is 5.56 Å². The number of ketones is 1. The molecule has 0 atom stereocenters. The van der Waals surface area contributed by atoms with Crippen LogP contribution in [-0.2, 0) is 24.9 Å². The van der Waals surface area contributed by atoms with Crippen LogP contribution in [0, 0.1) is 36.6 Å². The first-order valence-corrected chi connectivity index (χ1v) is 17.6. The zero-order chi connectivity index (χ0) is 32.9. The van der Waals surface area contributed by atoms with Crippen LogP contribution in [0.3, 0.4) is 0 Å². The second kappa shape index (κ2) is 15.8. The molecule has 2 aromatic heterocycles. The number of allylic oxidation sites excluding steroid dienone is 2. The Balaban J connectivity index is 0.000000280. The Kier molecular flexibility index (Phi) is 12.9. The van der Waals surface area contributed by atoms with Crippen molar-refractivity contribution in [3.63, 3.8) is 0 Å². The van der Waals surface area contributed by atoms with Gasteiger partial charge in [-0.1, -0.05) is 41.5 Å². The Morgan fingerprint density at radius 3 is 2.09 bits per heavy atom. The quantitative estimate of drug-likeness (QED) is 0.0695. The van der Waals surface area contributed by atoms with E-state index in [0.717, 1.165) is 67.4 Å². The maximum absolute atomic E-state index is 15.5. The fourth-order valence-electron chi connectivity index (χ4n) is 5.47. The van der Waals surface area contributed by atoms with Crippen molar-refractivity contribution in [2.45, 2.75) is 81.1 Å². The van der Waals surface area contributed by atoms with Crippen molar-refractivity contribution in [3.05, 3.63) is 102 Å². The summed E-state index contributed by atoms with van der Waals surface area (Å²) >= 11 is -0.130. The standard InChI is InChI=1S/C25H17FNSe.C15H28O2.Ir/c1-15-12-16(2)14-18(13-15)23-25-21(10-11-27-23)20-9-8-19(22(26)24(20)28-25)17-6-4-3-5-7-17;1-7-14(5,8-2)12(16)11-13(17)15(6,9-3)10-4;/h3-13H,1-2H3;11,16H,7-10H2,1-6H3;/q-1;;/b;12-11-;. The van der Waals surface area contributed by atoms with E-state index in [1.807, 2.05) is 97.1 Å². The molecule has 245 valence electrons. The minimum Gasteiger partial charge on any atom is 0 e. The summed E-state index contributed by atoms with van der Waals surface area (Å²) in [5.74, 6) is 0.184. The Hall–Kier alpha value is -2.88. The monoisotopic (exact) mass is 863 g/mol. The molecule has 1 N–H and O–H groups in total. The first kappa shape index (κ1) is 37.6. The summed E-state index contributed by atoms with van der Waals surface area (Å²) in [4.78, 5) is 16.8. The van der Waals surface area contributed by atoms with E-state index in [1.165, 1.54) is 11.6 Å². The summed E-state index contributed by atoms with van der Waals surface area (Å²) in [6.07, 6.45) is 6.58. The van der Waals surface area contributed by atoms with Crippen LogP contribution < -0.4 is 0 Å². The Morgan fingerprint density at radius 1 is 0.891 bits per heavy atom. The molecule has 0 saturated carbocycles. The Bertz CT molecular complexity index is 1820. The van der Waals surface area contributed by atoms with Gasteiger partial charge in [0.25, 0.3) is 0 Å². The number of pyridine rings is 1. The van der Waals surface area contributed by atoms with Crippen LogP contribution in [0.5, 0.6) is 0 Å². The van der Waals surface area contributed by atoms with Crippen LogP contribution in [0.25, 0.3) is 41.7 Å². The first-order chi connectivity index (χ1) is 21.4. The van der Waals surface area contributed by atoms with Crippen LogP contribution in [0.2, 0.25) is 0 Å². The zero-order valence-electron chi connectivity index (χ0n) is 28.2. The van der Waals surface area contributed by atoms with Gasteiger partial charge in [0, 0.05) is 37.0 Å². The fourth-order valence-corrected chi connectivity index (χ4v) is 8.07. The molecule has 5 rings (SSSR count). The molecule has 6 heteroatoms. The van der Waals surface area contributed by atoms with Crippen LogP contribution in [0.4, 0.5) is 4.39 Å². The molecule has 0 aliphatic carbocycles. The van der Waals surface area contributed by atoms with E-state index in [-0.39, 0.29) is 62.8 Å². The molecule has 0 aliphatic rings. The molecule has 46 heavy (non-hydrogen) atoms. The summed E-state index contributed by atoms with van der Waals surface area (Å²) in [5, 5.41) is 12.2. The third-order valence-electron chi connectivity index (χ3n) is 9.59. The number of carbonyl (C=O) groups excluding carboxylic acids is 1. The van der Waals surface area contributed by atoms with Crippen LogP contribution in [0.1, 0.15) is 78.4 Å². The molecule has 0 spiro atoms. The molecule has 0 unspecified atom stereocenters. The third-order valence-corrected chi connectivity index (χ3v) is 12.1. The predicted molar refractivity (Wildman–Crippen MR) is 188 cm³/mol. The van der Waals surface area contributed by atoms with Crippen molar-refractivity contribution in [1.29, 1.82) is 0 Å². The number of benzene rings is 3. The molecular formula is C40H45FIrNO2Se-. The smallest absolute Gasteiger partial charge is 0 e. The molecule has 5 aromatic rings. The molecule has 3 aromatic carbocycles. The fraction of sp³-hybridized carbons (Fsp3) is 0.350. The van der Waals surface area contributed by atoms with E-state index in [1.54, 1.807) is 0 Å². The van der Waals surface area contributed by atoms with Gasteiger partial charge in [-0.2, -0.15) is 0 Å². The first-order valence-electron chi connectivity index (χ1n) is 15.9. The Labute approximate surface area is 293 Å². The molecule has 0 saturated heterocycles. The number of nitrogens with zero attached hydrogens (tertiary/aromatic N) is 1. The van der Waals surface area contributed by atoms with E-state index in [2.05, 4.69) is 36.2 Å². The maximum Gasteiger partial charge on any atom is 0 e. The van der Waals surface area contributed by atoms with E-state index < -0.39 is 0 Å². The molecule has 0 fully saturated rings. The average Bonchev–Trinajstić information content (AvgIpc) is 3.44. The number of aliphatic hydroxyl groups is 1. The average molecular weight is 862 g/mol. The minimum atomic E-state index is -0.337. The number of aryl methyl sites for hydroxylation is 2. The van der Waals surface area contributed by atoms with Crippen molar-refractivity contribution < 1.29 is 34.4 Å². The van der Waals surface area contributed by atoms with Crippen molar-refractivity contribution >= 4 is 39.6 Å². The van der Waals surface area contributed by atoms with Crippen molar-refractivity contribution in [1.82, 2.24) is 4.98 Å². The number of hydrogen-bond donors (Lipinski definition) is 1. The molecule has 0 bridgehead atoms. The summed E-state index contributed by atoms with van der Waals surface area (Å²) in [7, 11) is 0. The maximum atomic E-state index is 15.5. The van der Waals surface area contributed by atoms with Gasteiger partial charge in [-0.05, 0) is 25.7 Å². The molecule has 0 amide bonds. The van der Waals surface area contributed by atoms with E-state index in [4.69, 9.17) is 0 Å². The second-order valence-electron chi connectivity index (χ2n) is 12.5. The largest absolute Gasteiger partial charge is 0 e. The summed E-state index contributed by atoms with van der Waals surface area (Å²) in [6, 6.07) is 23.4. The number of aromatic nitrogens is 1. The zero-order valence-corrected chi connectivity index (χ0v) is 32.3. The van der Waals surface area contributed by atoms with Crippen molar-refractivity contribution in [3.8, 4) is 22.4 Å². The van der Waals surface area contributed by atoms with Crippen molar-refractivity contribution in [2.24, 2.45) is 10.8 Å². The number of fused-ring (bicyclic) bond motifs is 3.